The number of nitrogens with two attached hydrogens (primary N) is 1. The second-order valence-electron chi connectivity index (χ2n) is 5.85. The number of nitrogens with zero attached hydrogens (tertiary/aromatic N) is 1. The predicted octanol–water partition coefficient (Wildman–Crippen LogP) is 3.64. The van der Waals surface area contributed by atoms with Crippen molar-refractivity contribution in [3.05, 3.63) is 65.9 Å². The highest BCUT2D eigenvalue weighted by Gasteiger charge is 2.10. The molecule has 0 spiro atoms. The molecule has 0 aliphatic rings. The van der Waals surface area contributed by atoms with E-state index in [1.165, 1.54) is 0 Å². The van der Waals surface area contributed by atoms with E-state index in [0.29, 0.717) is 18.7 Å². The number of aromatic nitrogens is 1. The Morgan fingerprint density at radius 3 is 2.92 bits per heavy atom. The van der Waals surface area contributed by atoms with E-state index in [9.17, 15) is 4.79 Å². The molecule has 1 aromatic heterocycles. The fourth-order valence-corrected chi connectivity index (χ4v) is 2.37. The molecule has 2 aromatic rings. The topological polar surface area (TPSA) is 77.2 Å². The fraction of sp³-hybridized carbons (Fsp3) is 0.300. The van der Waals surface area contributed by atoms with E-state index in [0.717, 1.165) is 36.3 Å². The summed E-state index contributed by atoms with van der Waals surface area (Å²) in [5.41, 5.74) is 7.95. The highest BCUT2D eigenvalue weighted by molar-refractivity contribution is 5.98. The van der Waals surface area contributed by atoms with E-state index < -0.39 is 0 Å². The van der Waals surface area contributed by atoms with Crippen LogP contribution in [0.1, 0.15) is 40.9 Å². The van der Waals surface area contributed by atoms with Gasteiger partial charge in [0.25, 0.3) is 5.91 Å². The Hall–Kier alpha value is -2.82. The third kappa shape index (κ3) is 5.95. The van der Waals surface area contributed by atoms with Crippen molar-refractivity contribution in [3.63, 3.8) is 0 Å². The van der Waals surface area contributed by atoms with Crippen molar-refractivity contribution in [2.75, 3.05) is 12.3 Å². The van der Waals surface area contributed by atoms with Gasteiger partial charge in [-0.1, -0.05) is 18.2 Å². The number of hydrogen-bond donors (Lipinski definition) is 2. The van der Waals surface area contributed by atoms with Crippen LogP contribution >= 0.6 is 0 Å². The van der Waals surface area contributed by atoms with Gasteiger partial charge in [0, 0.05) is 12.2 Å². The summed E-state index contributed by atoms with van der Waals surface area (Å²) in [7, 11) is 0. The van der Waals surface area contributed by atoms with E-state index >= 15 is 0 Å². The second-order valence-corrected chi connectivity index (χ2v) is 5.85. The summed E-state index contributed by atoms with van der Waals surface area (Å²) in [5.74, 6) is 0.816. The summed E-state index contributed by atoms with van der Waals surface area (Å²) in [6, 6.07) is 11.2. The van der Waals surface area contributed by atoms with Gasteiger partial charge in [-0.15, -0.1) is 6.58 Å². The smallest absolute Gasteiger partial charge is 0.255 e. The molecule has 0 aliphatic carbocycles. The average molecular weight is 339 g/mol. The molecule has 132 valence electrons. The highest BCUT2D eigenvalue weighted by atomic mass is 16.5. The molecule has 0 unspecified atom stereocenters. The molecule has 2 rings (SSSR count). The van der Waals surface area contributed by atoms with E-state index in [-0.39, 0.29) is 11.7 Å². The molecule has 1 heterocycles. The molecular formula is C20H25N3O2. The van der Waals surface area contributed by atoms with Crippen molar-refractivity contribution in [2.24, 2.45) is 0 Å². The van der Waals surface area contributed by atoms with Gasteiger partial charge < -0.3 is 15.8 Å². The number of amides is 1. The molecule has 0 radical (unpaired) electrons. The van der Waals surface area contributed by atoms with Crippen molar-refractivity contribution >= 4 is 11.7 Å². The van der Waals surface area contributed by atoms with Crippen LogP contribution in [0.25, 0.3) is 0 Å². The summed E-state index contributed by atoms with van der Waals surface area (Å²) < 4.78 is 5.74. The molecule has 25 heavy (non-hydrogen) atoms. The number of benzene rings is 1. The quantitative estimate of drug-likeness (QED) is 0.540. The Balaban J connectivity index is 1.87. The number of unbranched alkanes of at least 4 members (excludes halogenated alkanes) is 2. The Morgan fingerprint density at radius 1 is 1.32 bits per heavy atom. The lowest BCUT2D eigenvalue weighted by molar-refractivity contribution is 0.0951. The predicted molar refractivity (Wildman–Crippen MR) is 101 cm³/mol. The third-order valence-electron chi connectivity index (χ3n) is 3.73. The maximum atomic E-state index is 12.2. The van der Waals surface area contributed by atoms with Crippen LogP contribution in [0.15, 0.2) is 49.1 Å². The minimum absolute atomic E-state index is 0.235. The van der Waals surface area contributed by atoms with Crippen LogP contribution in [-0.2, 0) is 6.54 Å². The molecule has 0 fully saturated rings. The molecular weight excluding hydrogens is 314 g/mol. The largest absolute Gasteiger partial charge is 0.494 e. The first kappa shape index (κ1) is 18.5. The minimum Gasteiger partial charge on any atom is -0.494 e. The first-order valence-electron chi connectivity index (χ1n) is 8.44. The molecule has 5 heteroatoms. The van der Waals surface area contributed by atoms with Crippen LogP contribution in [-0.4, -0.2) is 17.5 Å². The minimum atomic E-state index is -0.235. The molecule has 1 amide bonds. The number of hydrogen-bond acceptors (Lipinski definition) is 4. The Morgan fingerprint density at radius 2 is 2.16 bits per heavy atom. The standard InChI is InChI=1S/C20H25N3O2/c1-3-4-5-6-12-25-17-9-7-8-16(13-17)14-22-20(24)18-11-10-15(2)23-19(18)21/h3,7-11,13H,1,4-6,12,14H2,2H3,(H2,21,23)(H,22,24). The monoisotopic (exact) mass is 339 g/mol. The molecule has 0 atom stereocenters. The van der Waals surface area contributed by atoms with Crippen molar-refractivity contribution < 1.29 is 9.53 Å². The third-order valence-corrected chi connectivity index (χ3v) is 3.73. The van der Waals surface area contributed by atoms with Gasteiger partial charge in [0.2, 0.25) is 0 Å². The Labute approximate surface area is 148 Å². The first-order valence-corrected chi connectivity index (χ1v) is 8.44. The van der Waals surface area contributed by atoms with Gasteiger partial charge in [0.15, 0.2) is 0 Å². The van der Waals surface area contributed by atoms with Crippen molar-refractivity contribution in [1.29, 1.82) is 0 Å². The zero-order valence-electron chi connectivity index (χ0n) is 14.6. The van der Waals surface area contributed by atoms with Crippen LogP contribution in [0.2, 0.25) is 0 Å². The Kier molecular flexibility index (Phi) is 7.01. The van der Waals surface area contributed by atoms with Gasteiger partial charge in [-0.05, 0) is 56.0 Å². The van der Waals surface area contributed by atoms with Crippen LogP contribution in [0.5, 0.6) is 5.75 Å². The van der Waals surface area contributed by atoms with Gasteiger partial charge in [0.1, 0.15) is 11.6 Å². The van der Waals surface area contributed by atoms with Gasteiger partial charge in [-0.3, -0.25) is 4.79 Å². The highest BCUT2D eigenvalue weighted by Crippen LogP contribution is 2.15. The SMILES string of the molecule is C=CCCCCOc1cccc(CNC(=O)c2ccc(C)nc2N)c1. The second kappa shape index (κ2) is 9.47. The van der Waals surface area contributed by atoms with E-state index in [1.807, 2.05) is 37.3 Å². The zero-order valence-corrected chi connectivity index (χ0v) is 14.6. The van der Waals surface area contributed by atoms with Crippen LogP contribution in [0.4, 0.5) is 5.82 Å². The number of aryl methyl sites for hydroxylation is 1. The van der Waals surface area contributed by atoms with E-state index in [1.54, 1.807) is 12.1 Å². The molecule has 0 aliphatic heterocycles. The molecule has 0 saturated carbocycles. The molecule has 5 nitrogen and oxygen atoms in total. The van der Waals surface area contributed by atoms with E-state index in [2.05, 4.69) is 16.9 Å². The number of carbonyl (C=O) groups excluding carboxylic acids is 1. The molecule has 0 saturated heterocycles. The Bertz CT molecular complexity index is 729. The molecule has 0 bridgehead atoms. The summed E-state index contributed by atoms with van der Waals surface area (Å²) >= 11 is 0. The number of nitrogens with one attached hydrogen (secondary N) is 1. The fourth-order valence-electron chi connectivity index (χ4n) is 2.37. The molecule has 1 aromatic carbocycles. The van der Waals surface area contributed by atoms with Crippen LogP contribution < -0.4 is 15.8 Å². The number of ether oxygens (including phenoxy) is 1. The lowest BCUT2D eigenvalue weighted by Gasteiger charge is -2.10. The number of rotatable bonds is 9. The van der Waals surface area contributed by atoms with Crippen molar-refractivity contribution in [3.8, 4) is 5.75 Å². The van der Waals surface area contributed by atoms with Crippen LogP contribution in [0, 0.1) is 6.92 Å². The van der Waals surface area contributed by atoms with Gasteiger partial charge >= 0.3 is 0 Å². The van der Waals surface area contributed by atoms with E-state index in [4.69, 9.17) is 10.5 Å². The number of nitrogen functional groups attached to an aromatic ring is 1. The van der Waals surface area contributed by atoms with Gasteiger partial charge in [-0.2, -0.15) is 0 Å². The first-order chi connectivity index (χ1) is 12.1. The lowest BCUT2D eigenvalue weighted by atomic mass is 10.2. The van der Waals surface area contributed by atoms with Crippen molar-refractivity contribution in [2.45, 2.75) is 32.7 Å². The van der Waals surface area contributed by atoms with Crippen molar-refractivity contribution in [1.82, 2.24) is 10.3 Å². The summed E-state index contributed by atoms with van der Waals surface area (Å²) in [6.45, 7) is 6.62. The van der Waals surface area contributed by atoms with Crippen LogP contribution in [0.3, 0.4) is 0 Å². The van der Waals surface area contributed by atoms with Gasteiger partial charge in [-0.25, -0.2) is 4.98 Å². The number of carbonyl (C=O) groups is 1. The lowest BCUT2D eigenvalue weighted by Crippen LogP contribution is -2.24. The average Bonchev–Trinajstić information content (AvgIpc) is 2.60. The summed E-state index contributed by atoms with van der Waals surface area (Å²) in [4.78, 5) is 16.3. The summed E-state index contributed by atoms with van der Waals surface area (Å²) in [5, 5.41) is 2.86. The maximum absolute atomic E-state index is 12.2. The normalized spacial score (nSPS) is 10.3. The van der Waals surface area contributed by atoms with Gasteiger partial charge in [0.05, 0.1) is 12.2 Å². The number of anilines is 1. The molecule has 3 N–H and O–H groups in total. The number of allylic oxidation sites excluding steroid dienone is 1. The number of pyridine rings is 1. The maximum Gasteiger partial charge on any atom is 0.255 e. The summed E-state index contributed by atoms with van der Waals surface area (Å²) in [6.07, 6.45) is 4.99. The zero-order chi connectivity index (χ0) is 18.1.